The number of methoxy groups -OCH3 is 1. The molecule has 0 spiro atoms. The topological polar surface area (TPSA) is 72.3 Å². The van der Waals surface area contributed by atoms with Gasteiger partial charge in [-0.1, -0.05) is 53.7 Å². The molecule has 2 saturated carbocycles. The number of aliphatic hydroxyl groups is 1. The lowest BCUT2D eigenvalue weighted by atomic mass is 9.53. The third kappa shape index (κ3) is 4.64. The lowest BCUT2D eigenvalue weighted by Crippen LogP contribution is -2.50. The zero-order valence-corrected chi connectivity index (χ0v) is 22.3. The number of carbonyl (C=O) groups is 2. The van der Waals surface area contributed by atoms with Gasteiger partial charge in [-0.05, 0) is 61.2 Å². The van der Waals surface area contributed by atoms with E-state index in [1.54, 1.807) is 13.2 Å². The number of fused-ring (bicyclic) bond motifs is 2. The molecule has 6 heteroatoms. The number of nitrogens with zero attached hydrogens (tertiary/aromatic N) is 2. The Morgan fingerprint density at radius 3 is 1.66 bits per heavy atom. The number of hydrogen-bond acceptors (Lipinski definition) is 4. The average Bonchev–Trinajstić information content (AvgIpc) is 2.78. The Labute approximate surface area is 210 Å². The first-order chi connectivity index (χ1) is 16.2. The van der Waals surface area contributed by atoms with E-state index in [2.05, 4.69) is 23.5 Å². The quantitative estimate of drug-likeness (QED) is 0.483. The number of hydrogen-bond donors (Lipinski definition) is 1. The van der Waals surface area contributed by atoms with E-state index >= 15 is 0 Å². The Morgan fingerprint density at radius 2 is 1.23 bits per heavy atom. The zero-order chi connectivity index (χ0) is 26.4. The minimum atomic E-state index is -0.483. The van der Waals surface area contributed by atoms with Gasteiger partial charge in [0, 0.05) is 17.9 Å². The van der Waals surface area contributed by atoms with Crippen LogP contribution in [0.15, 0.2) is 23.5 Å². The maximum Gasteiger partial charge on any atom is 0.226 e. The van der Waals surface area contributed by atoms with Crippen LogP contribution in [0.4, 0.5) is 0 Å². The Kier molecular flexibility index (Phi) is 7.26. The van der Waals surface area contributed by atoms with Crippen LogP contribution in [0, 0.1) is 46.6 Å². The second-order valence-corrected chi connectivity index (χ2v) is 12.6. The van der Waals surface area contributed by atoms with E-state index < -0.39 is 10.8 Å². The molecule has 0 aliphatic heterocycles. The van der Waals surface area contributed by atoms with Crippen LogP contribution in [-0.4, -0.2) is 36.0 Å². The van der Waals surface area contributed by atoms with Gasteiger partial charge in [-0.15, -0.1) is 0 Å². The summed E-state index contributed by atoms with van der Waals surface area (Å²) in [5.74, 6) is 0.521. The van der Waals surface area contributed by atoms with Crippen molar-refractivity contribution in [1.82, 2.24) is 0 Å². The molecule has 0 radical (unpaired) electrons. The molecule has 6 nitrogen and oxygen atoms in total. The van der Waals surface area contributed by atoms with Crippen molar-refractivity contribution in [3.63, 3.8) is 0 Å². The van der Waals surface area contributed by atoms with Crippen LogP contribution in [0.2, 0.25) is 0 Å². The Morgan fingerprint density at radius 1 is 0.800 bits per heavy atom. The van der Waals surface area contributed by atoms with Crippen molar-refractivity contribution in [3.8, 4) is 0 Å². The highest BCUT2D eigenvalue weighted by Crippen LogP contribution is 2.56. The van der Waals surface area contributed by atoms with Crippen molar-refractivity contribution >= 4 is 11.6 Å². The molecule has 0 unspecified atom stereocenters. The molecule has 190 valence electrons. The summed E-state index contributed by atoms with van der Waals surface area (Å²) in [7, 11) is 1.74. The van der Waals surface area contributed by atoms with Gasteiger partial charge in [0.25, 0.3) is 0 Å². The monoisotopic (exact) mass is 480 g/mol. The summed E-state index contributed by atoms with van der Waals surface area (Å²) in [5.41, 5.74) is -0.644. The maximum atomic E-state index is 12.3. The van der Waals surface area contributed by atoms with Gasteiger partial charge in [0.05, 0.1) is 25.4 Å². The molecule has 35 heavy (non-hydrogen) atoms. The fourth-order valence-electron chi connectivity index (χ4n) is 7.65. The third-order valence-electron chi connectivity index (χ3n) is 9.39. The Bertz CT molecular complexity index is 1040. The summed E-state index contributed by atoms with van der Waals surface area (Å²) in [4.78, 5) is 31.3. The predicted octanol–water partition coefficient (Wildman–Crippen LogP) is 5.79. The smallest absolute Gasteiger partial charge is 0.226 e. The van der Waals surface area contributed by atoms with Crippen LogP contribution in [0.25, 0.3) is 9.69 Å². The summed E-state index contributed by atoms with van der Waals surface area (Å²) in [6, 6.07) is 0. The number of carbonyl (C=O) groups excluding carboxylic acids is 2. The van der Waals surface area contributed by atoms with Crippen molar-refractivity contribution in [2.45, 2.75) is 92.3 Å². The molecule has 0 aromatic rings. The van der Waals surface area contributed by atoms with E-state index in [0.29, 0.717) is 18.0 Å². The maximum absolute atomic E-state index is 12.3. The molecule has 1 N–H and O–H groups in total. The molecular formula is C29H40N2O4. The van der Waals surface area contributed by atoms with Gasteiger partial charge >= 0.3 is 0 Å². The second kappa shape index (κ2) is 9.30. The van der Waals surface area contributed by atoms with Gasteiger partial charge in [0.15, 0.2) is 11.6 Å². The van der Waals surface area contributed by atoms with Gasteiger partial charge in [-0.3, -0.25) is 0 Å². The van der Waals surface area contributed by atoms with E-state index in [1.165, 1.54) is 0 Å². The number of Topliss-reactive ketones (excluding diaryl/α,β-unsaturated/α-hetero) is 2. The Balaban J connectivity index is 0.000000196. The lowest BCUT2D eigenvalue weighted by Gasteiger charge is -2.52. The third-order valence-corrected chi connectivity index (χ3v) is 9.39. The van der Waals surface area contributed by atoms with Crippen LogP contribution in [0.3, 0.4) is 0 Å². The summed E-state index contributed by atoms with van der Waals surface area (Å²) in [5, 5.41) is 9.82. The molecule has 4 aliphatic rings. The number of ether oxygens (including phenoxy) is 1. The van der Waals surface area contributed by atoms with Crippen LogP contribution in [0.1, 0.15) is 80.1 Å². The van der Waals surface area contributed by atoms with Crippen molar-refractivity contribution < 1.29 is 19.4 Å². The number of rotatable bonds is 1. The fourth-order valence-corrected chi connectivity index (χ4v) is 7.65. The van der Waals surface area contributed by atoms with E-state index in [9.17, 15) is 14.7 Å². The SMILES string of the molecule is [C-]#[N+]C1=C[C@]2(C)C[C@@H](O)CC[C@H]2C(C)(C)C1=O.[C-]#[N+]C1=C[C@]2(C)C[C@@H](OC)CC[C@H]2C(C)(C)C1=O. The molecule has 0 heterocycles. The van der Waals surface area contributed by atoms with Crippen LogP contribution in [0.5, 0.6) is 0 Å². The van der Waals surface area contributed by atoms with Gasteiger partial charge in [-0.25, -0.2) is 9.69 Å². The predicted molar refractivity (Wildman–Crippen MR) is 135 cm³/mol. The molecule has 0 amide bonds. The zero-order valence-electron chi connectivity index (χ0n) is 22.3. The highest BCUT2D eigenvalue weighted by atomic mass is 16.5. The van der Waals surface area contributed by atoms with Gasteiger partial charge < -0.3 is 19.4 Å². The normalized spacial score (nSPS) is 39.4. The summed E-state index contributed by atoms with van der Waals surface area (Å²) >= 11 is 0. The van der Waals surface area contributed by atoms with Crippen LogP contribution >= 0.6 is 0 Å². The summed E-state index contributed by atoms with van der Waals surface area (Å²) in [6.45, 7) is 26.4. The number of aliphatic hydroxyl groups excluding tert-OH is 1. The van der Waals surface area contributed by atoms with Gasteiger partial charge in [0.2, 0.25) is 11.4 Å². The first-order valence-electron chi connectivity index (χ1n) is 12.7. The van der Waals surface area contributed by atoms with Gasteiger partial charge in [0.1, 0.15) is 0 Å². The van der Waals surface area contributed by atoms with Crippen molar-refractivity contribution in [2.75, 3.05) is 7.11 Å². The lowest BCUT2D eigenvalue weighted by molar-refractivity contribution is -0.133. The Hall–Kier alpha value is -2.28. The van der Waals surface area contributed by atoms with Crippen LogP contribution in [-0.2, 0) is 14.3 Å². The summed E-state index contributed by atoms with van der Waals surface area (Å²) in [6.07, 6.45) is 8.85. The second-order valence-electron chi connectivity index (χ2n) is 12.6. The molecule has 0 aromatic heterocycles. The molecule has 0 aromatic carbocycles. The fraction of sp³-hybridized carbons (Fsp3) is 0.724. The molecule has 4 rings (SSSR count). The van der Waals surface area contributed by atoms with E-state index in [4.69, 9.17) is 17.9 Å². The van der Waals surface area contributed by atoms with E-state index in [0.717, 1.165) is 32.1 Å². The standard InChI is InChI=1S/C15H21NO2.C14H19NO2/c1-14(2)12-7-6-10(18-5)8-15(12,3)9-11(16-4)13(14)17;1-13(2)11-6-5-9(16)7-14(11,3)8-10(15-4)12(13)17/h9-10,12H,6-8H2,1-3,5H3;8-9,11,16H,5-7H2,1-3H3/t10-,12-,15-;9-,11-,14-/m00/s1. The van der Waals surface area contributed by atoms with E-state index in [1.807, 2.05) is 33.8 Å². The minimum Gasteiger partial charge on any atom is -0.393 e. The van der Waals surface area contributed by atoms with Crippen LogP contribution < -0.4 is 0 Å². The molecule has 2 fully saturated rings. The molecule has 0 saturated heterocycles. The first kappa shape index (κ1) is 27.3. The minimum absolute atomic E-state index is 0.0100. The molecule has 0 bridgehead atoms. The first-order valence-corrected chi connectivity index (χ1v) is 12.7. The van der Waals surface area contributed by atoms with Crippen molar-refractivity contribution in [2.24, 2.45) is 33.5 Å². The largest absolute Gasteiger partial charge is 0.393 e. The molecule has 6 atom stereocenters. The number of ketones is 2. The summed E-state index contributed by atoms with van der Waals surface area (Å²) < 4.78 is 5.48. The average molecular weight is 481 g/mol. The molecular weight excluding hydrogens is 440 g/mol. The number of allylic oxidation sites excluding steroid dienone is 4. The van der Waals surface area contributed by atoms with Crippen molar-refractivity contribution in [1.29, 1.82) is 0 Å². The molecule has 4 aliphatic carbocycles. The highest BCUT2D eigenvalue weighted by molar-refractivity contribution is 6.02. The van der Waals surface area contributed by atoms with E-state index in [-0.39, 0.29) is 46.2 Å². The van der Waals surface area contributed by atoms with Gasteiger partial charge in [-0.2, -0.15) is 0 Å². The highest BCUT2D eigenvalue weighted by Gasteiger charge is 2.54. The van der Waals surface area contributed by atoms with Crippen molar-refractivity contribution in [3.05, 3.63) is 46.4 Å².